The van der Waals surface area contributed by atoms with E-state index in [-0.39, 0.29) is 11.7 Å². The molecule has 0 aliphatic rings. The van der Waals surface area contributed by atoms with Crippen molar-refractivity contribution in [1.82, 2.24) is 24.6 Å². The van der Waals surface area contributed by atoms with Crippen molar-refractivity contribution in [3.8, 4) is 11.3 Å². The van der Waals surface area contributed by atoms with Gasteiger partial charge in [-0.15, -0.1) is 5.10 Å². The summed E-state index contributed by atoms with van der Waals surface area (Å²) in [7, 11) is 1.35. The summed E-state index contributed by atoms with van der Waals surface area (Å²) >= 11 is 1.21. The summed E-state index contributed by atoms with van der Waals surface area (Å²) in [6.07, 6.45) is 5.10. The Kier molecular flexibility index (Phi) is 3.78. The monoisotopic (exact) mass is 301 g/mol. The number of hydrogen-bond acceptors (Lipinski definition) is 7. The molecule has 0 saturated heterocycles. The Bertz CT molecular complexity index is 775. The van der Waals surface area contributed by atoms with Gasteiger partial charge in [-0.1, -0.05) is 11.8 Å². The molecule has 8 heteroatoms. The zero-order valence-electron chi connectivity index (χ0n) is 11.1. The van der Waals surface area contributed by atoms with Crippen LogP contribution in [0.15, 0.2) is 41.9 Å². The van der Waals surface area contributed by atoms with Crippen molar-refractivity contribution in [1.29, 1.82) is 0 Å². The number of fused-ring (bicyclic) bond motifs is 1. The van der Waals surface area contributed by atoms with Crippen LogP contribution >= 0.6 is 11.8 Å². The second-order valence-electron chi connectivity index (χ2n) is 4.04. The van der Waals surface area contributed by atoms with Crippen LogP contribution in [-0.4, -0.2) is 43.4 Å². The van der Waals surface area contributed by atoms with Gasteiger partial charge in [-0.05, 0) is 18.2 Å². The van der Waals surface area contributed by atoms with E-state index in [0.29, 0.717) is 10.9 Å². The molecule has 3 aromatic heterocycles. The van der Waals surface area contributed by atoms with Gasteiger partial charge in [0, 0.05) is 24.2 Å². The van der Waals surface area contributed by atoms with E-state index in [9.17, 15) is 4.79 Å². The van der Waals surface area contributed by atoms with Crippen LogP contribution in [0.2, 0.25) is 0 Å². The predicted octanol–water partition coefficient (Wildman–Crippen LogP) is 1.45. The minimum absolute atomic E-state index is 0.165. The van der Waals surface area contributed by atoms with Crippen LogP contribution in [0.4, 0.5) is 0 Å². The first-order valence-corrected chi connectivity index (χ1v) is 7.08. The lowest BCUT2D eigenvalue weighted by molar-refractivity contribution is -0.137. The Morgan fingerprint density at radius 2 is 2.10 bits per heavy atom. The van der Waals surface area contributed by atoms with Crippen LogP contribution in [0.1, 0.15) is 0 Å². The van der Waals surface area contributed by atoms with Gasteiger partial charge in [0.1, 0.15) is 0 Å². The lowest BCUT2D eigenvalue weighted by Crippen LogP contribution is -2.03. The van der Waals surface area contributed by atoms with Crippen molar-refractivity contribution >= 4 is 23.5 Å². The van der Waals surface area contributed by atoms with Gasteiger partial charge in [0.05, 0.1) is 18.6 Å². The number of methoxy groups -OCH3 is 1. The SMILES string of the molecule is COC(=O)CSc1nc2nccc(-c3ccncc3)n2n1. The lowest BCUT2D eigenvalue weighted by Gasteiger charge is -2.02. The Morgan fingerprint density at radius 3 is 2.86 bits per heavy atom. The van der Waals surface area contributed by atoms with E-state index in [1.165, 1.54) is 18.9 Å². The number of carbonyl (C=O) groups excluding carboxylic acids is 1. The molecule has 3 rings (SSSR count). The summed E-state index contributed by atoms with van der Waals surface area (Å²) in [6, 6.07) is 5.63. The van der Waals surface area contributed by atoms with Gasteiger partial charge in [0.25, 0.3) is 5.78 Å². The summed E-state index contributed by atoms with van der Waals surface area (Å²) in [6.45, 7) is 0. The van der Waals surface area contributed by atoms with Gasteiger partial charge in [-0.25, -0.2) is 4.98 Å². The maximum absolute atomic E-state index is 11.2. The van der Waals surface area contributed by atoms with Crippen molar-refractivity contribution in [3.63, 3.8) is 0 Å². The van der Waals surface area contributed by atoms with Crippen LogP contribution in [0.5, 0.6) is 0 Å². The van der Waals surface area contributed by atoms with E-state index < -0.39 is 0 Å². The molecule has 0 radical (unpaired) electrons. The van der Waals surface area contributed by atoms with E-state index in [4.69, 9.17) is 0 Å². The molecule has 0 bridgehead atoms. The molecular weight excluding hydrogens is 290 g/mol. The second kappa shape index (κ2) is 5.88. The van der Waals surface area contributed by atoms with Gasteiger partial charge >= 0.3 is 5.97 Å². The van der Waals surface area contributed by atoms with Crippen molar-refractivity contribution in [2.75, 3.05) is 12.9 Å². The fraction of sp³-hybridized carbons (Fsp3) is 0.154. The molecule has 0 saturated carbocycles. The third-order valence-corrected chi connectivity index (χ3v) is 3.56. The summed E-state index contributed by atoms with van der Waals surface area (Å²) in [5.74, 6) is 0.329. The van der Waals surface area contributed by atoms with Crippen molar-refractivity contribution in [2.24, 2.45) is 0 Å². The minimum atomic E-state index is -0.318. The number of aromatic nitrogens is 5. The summed E-state index contributed by atoms with van der Waals surface area (Å²) < 4.78 is 6.24. The molecule has 0 aliphatic heterocycles. The van der Waals surface area contributed by atoms with Crippen LogP contribution in [0.3, 0.4) is 0 Å². The lowest BCUT2D eigenvalue weighted by atomic mass is 10.2. The highest BCUT2D eigenvalue weighted by atomic mass is 32.2. The van der Waals surface area contributed by atoms with Crippen LogP contribution < -0.4 is 0 Å². The number of pyridine rings is 1. The van der Waals surface area contributed by atoms with Gasteiger partial charge < -0.3 is 4.74 Å². The van der Waals surface area contributed by atoms with E-state index in [2.05, 4.69) is 24.8 Å². The highest BCUT2D eigenvalue weighted by molar-refractivity contribution is 7.99. The fourth-order valence-electron chi connectivity index (χ4n) is 1.76. The zero-order chi connectivity index (χ0) is 14.7. The average Bonchev–Trinajstić information content (AvgIpc) is 2.96. The summed E-state index contributed by atoms with van der Waals surface area (Å²) in [5, 5.41) is 4.85. The molecule has 0 unspecified atom stereocenters. The Morgan fingerprint density at radius 1 is 1.29 bits per heavy atom. The second-order valence-corrected chi connectivity index (χ2v) is 4.98. The van der Waals surface area contributed by atoms with Gasteiger partial charge in [0.2, 0.25) is 5.16 Å². The molecule has 0 aromatic carbocycles. The fourth-order valence-corrected chi connectivity index (χ4v) is 2.41. The Labute approximate surface area is 124 Å². The predicted molar refractivity (Wildman–Crippen MR) is 76.8 cm³/mol. The Balaban J connectivity index is 1.96. The molecule has 106 valence electrons. The van der Waals surface area contributed by atoms with E-state index in [0.717, 1.165) is 11.3 Å². The quantitative estimate of drug-likeness (QED) is 0.533. The van der Waals surface area contributed by atoms with Crippen LogP contribution in [0, 0.1) is 0 Å². The maximum Gasteiger partial charge on any atom is 0.316 e. The molecule has 3 aromatic rings. The van der Waals surface area contributed by atoms with Crippen molar-refractivity contribution < 1.29 is 9.53 Å². The number of thioether (sulfide) groups is 1. The highest BCUT2D eigenvalue weighted by Crippen LogP contribution is 2.20. The third-order valence-electron chi connectivity index (χ3n) is 2.74. The number of ether oxygens (including phenoxy) is 1. The number of hydrogen-bond donors (Lipinski definition) is 0. The molecule has 0 amide bonds. The summed E-state index contributed by atoms with van der Waals surface area (Å²) in [4.78, 5) is 23.6. The normalized spacial score (nSPS) is 10.7. The molecule has 0 fully saturated rings. The number of esters is 1. The van der Waals surface area contributed by atoms with Crippen molar-refractivity contribution in [2.45, 2.75) is 5.16 Å². The average molecular weight is 301 g/mol. The molecule has 0 N–H and O–H groups in total. The maximum atomic E-state index is 11.2. The molecule has 0 aliphatic carbocycles. The van der Waals surface area contributed by atoms with Crippen LogP contribution in [-0.2, 0) is 9.53 Å². The first-order chi connectivity index (χ1) is 10.3. The molecule has 7 nitrogen and oxygen atoms in total. The number of carbonyl (C=O) groups is 1. The van der Waals surface area contributed by atoms with Crippen molar-refractivity contribution in [3.05, 3.63) is 36.8 Å². The van der Waals surface area contributed by atoms with Gasteiger partial charge in [-0.3, -0.25) is 9.78 Å². The minimum Gasteiger partial charge on any atom is -0.468 e. The first-order valence-electron chi connectivity index (χ1n) is 6.10. The standard InChI is InChI=1S/C13H11N5O2S/c1-20-11(19)8-21-13-16-12-15-7-4-10(18(12)17-13)9-2-5-14-6-3-9/h2-7H,8H2,1H3. The first kappa shape index (κ1) is 13.5. The number of rotatable bonds is 4. The van der Waals surface area contributed by atoms with E-state index in [1.54, 1.807) is 23.1 Å². The topological polar surface area (TPSA) is 82.3 Å². The Hall–Kier alpha value is -2.48. The zero-order valence-corrected chi connectivity index (χ0v) is 11.9. The molecule has 21 heavy (non-hydrogen) atoms. The summed E-state index contributed by atoms with van der Waals surface area (Å²) in [5.41, 5.74) is 1.83. The largest absolute Gasteiger partial charge is 0.468 e. The highest BCUT2D eigenvalue weighted by Gasteiger charge is 2.11. The number of nitrogens with zero attached hydrogens (tertiary/aromatic N) is 5. The van der Waals surface area contributed by atoms with E-state index in [1.807, 2.05) is 18.2 Å². The third kappa shape index (κ3) is 2.84. The van der Waals surface area contributed by atoms with Crippen LogP contribution in [0.25, 0.3) is 17.0 Å². The van der Waals surface area contributed by atoms with E-state index >= 15 is 0 Å². The molecular formula is C13H11N5O2S. The van der Waals surface area contributed by atoms with Gasteiger partial charge in [-0.2, -0.15) is 9.50 Å². The molecule has 0 spiro atoms. The smallest absolute Gasteiger partial charge is 0.316 e. The molecule has 3 heterocycles. The molecule has 0 atom stereocenters. The van der Waals surface area contributed by atoms with Gasteiger partial charge in [0.15, 0.2) is 0 Å².